The van der Waals surface area contributed by atoms with Gasteiger partial charge in [-0.1, -0.05) is 124 Å². The molecule has 0 spiro atoms. The highest BCUT2D eigenvalue weighted by molar-refractivity contribution is 7.73. The van der Waals surface area contributed by atoms with Crippen LogP contribution in [0.4, 0.5) is 0 Å². The Bertz CT molecular complexity index is 911. The first-order chi connectivity index (χ1) is 20.6. The van der Waals surface area contributed by atoms with Crippen LogP contribution < -0.4 is 10.6 Å². The van der Waals surface area contributed by atoms with E-state index in [1.54, 1.807) is 44.0 Å². The summed E-state index contributed by atoms with van der Waals surface area (Å²) in [5.74, 6) is 0. The number of unbranched alkanes of at least 4 members (excludes halogenated alkanes) is 8. The van der Waals surface area contributed by atoms with Crippen molar-refractivity contribution in [1.82, 2.24) is 0 Å². The van der Waals surface area contributed by atoms with Crippen LogP contribution >= 0.6 is 7.92 Å². The van der Waals surface area contributed by atoms with Gasteiger partial charge in [0.2, 0.25) is 0 Å². The topological polar surface area (TPSA) is 0 Å². The van der Waals surface area contributed by atoms with Crippen molar-refractivity contribution in [2.75, 3.05) is 6.16 Å². The summed E-state index contributed by atoms with van der Waals surface area (Å²) >= 11 is 0. The third-order valence-corrected chi connectivity index (χ3v) is 12.1. The Morgan fingerprint density at radius 2 is 0.690 bits per heavy atom. The average Bonchev–Trinajstić information content (AvgIpc) is 3.01. The highest BCUT2D eigenvalue weighted by Gasteiger charge is 2.25. The lowest BCUT2D eigenvalue weighted by Crippen LogP contribution is -2.25. The normalized spacial score (nSPS) is 11.6. The maximum atomic E-state index is 2.66. The van der Waals surface area contributed by atoms with E-state index in [1.165, 1.54) is 141 Å². The minimum atomic E-state index is -0.350. The fraction of sp³-hybridized carbons (Fsp3) is 0.707. The number of rotatable bonds is 24. The van der Waals surface area contributed by atoms with Crippen molar-refractivity contribution in [1.29, 1.82) is 0 Å². The first kappa shape index (κ1) is 37.1. The van der Waals surface area contributed by atoms with Crippen LogP contribution in [0.2, 0.25) is 0 Å². The average molecular weight is 593 g/mol. The van der Waals surface area contributed by atoms with E-state index >= 15 is 0 Å². The molecular formula is C41H69P. The van der Waals surface area contributed by atoms with E-state index in [1.807, 2.05) is 0 Å². The monoisotopic (exact) mass is 593 g/mol. The van der Waals surface area contributed by atoms with Crippen LogP contribution in [-0.2, 0) is 38.5 Å². The summed E-state index contributed by atoms with van der Waals surface area (Å²) in [6.45, 7) is 16.6. The predicted molar refractivity (Wildman–Crippen MR) is 195 cm³/mol. The fourth-order valence-electron chi connectivity index (χ4n) is 6.65. The molecule has 2 aromatic rings. The van der Waals surface area contributed by atoms with Crippen molar-refractivity contribution in [3.63, 3.8) is 0 Å². The molecule has 0 heterocycles. The molecular weight excluding hydrogens is 523 g/mol. The lowest BCUT2D eigenvalue weighted by Gasteiger charge is -2.29. The summed E-state index contributed by atoms with van der Waals surface area (Å²) in [6.07, 6.45) is 28.7. The van der Waals surface area contributed by atoms with Crippen molar-refractivity contribution in [2.45, 2.75) is 183 Å². The Balaban J connectivity index is 2.84. The summed E-state index contributed by atoms with van der Waals surface area (Å²) in [5, 5.41) is 3.53. The first-order valence-corrected chi connectivity index (χ1v) is 20.2. The van der Waals surface area contributed by atoms with Gasteiger partial charge < -0.3 is 0 Å². The molecule has 0 saturated heterocycles. The molecule has 0 nitrogen and oxygen atoms in total. The maximum Gasteiger partial charge on any atom is -0.0160 e. The molecule has 0 atom stereocenters. The molecule has 0 N–H and O–H groups in total. The molecule has 0 amide bonds. The van der Waals surface area contributed by atoms with Gasteiger partial charge >= 0.3 is 0 Å². The molecule has 42 heavy (non-hydrogen) atoms. The smallest absolute Gasteiger partial charge is 0.0160 e. The Morgan fingerprint density at radius 1 is 0.357 bits per heavy atom. The van der Waals surface area contributed by atoms with Crippen LogP contribution in [0.1, 0.15) is 178 Å². The van der Waals surface area contributed by atoms with Crippen molar-refractivity contribution in [3.05, 3.63) is 57.6 Å². The van der Waals surface area contributed by atoms with E-state index < -0.39 is 0 Å². The fourth-order valence-corrected chi connectivity index (χ4v) is 9.59. The molecule has 0 radical (unpaired) electrons. The number of hydrogen-bond donors (Lipinski definition) is 0. The molecule has 0 aliphatic carbocycles. The van der Waals surface area contributed by atoms with Crippen molar-refractivity contribution < 1.29 is 0 Å². The number of hydrogen-bond acceptors (Lipinski definition) is 0. The minimum Gasteiger partial charge on any atom is -0.0654 e. The van der Waals surface area contributed by atoms with E-state index in [4.69, 9.17) is 0 Å². The second kappa shape index (κ2) is 22.4. The molecule has 0 saturated carbocycles. The van der Waals surface area contributed by atoms with Crippen molar-refractivity contribution in [2.24, 2.45) is 0 Å². The lowest BCUT2D eigenvalue weighted by atomic mass is 9.90. The zero-order chi connectivity index (χ0) is 30.6. The Hall–Kier alpha value is -1.13. The predicted octanol–water partition coefficient (Wildman–Crippen LogP) is 12.4. The van der Waals surface area contributed by atoms with Crippen LogP contribution in [0.15, 0.2) is 24.3 Å². The second-order valence-corrected chi connectivity index (χ2v) is 15.1. The third kappa shape index (κ3) is 11.4. The highest BCUT2D eigenvalue weighted by Crippen LogP contribution is 2.41. The van der Waals surface area contributed by atoms with E-state index in [2.05, 4.69) is 72.7 Å². The zero-order valence-corrected chi connectivity index (χ0v) is 30.2. The van der Waals surface area contributed by atoms with E-state index in [9.17, 15) is 0 Å². The Morgan fingerprint density at radius 3 is 1.05 bits per heavy atom. The van der Waals surface area contributed by atoms with Gasteiger partial charge in [0.05, 0.1) is 0 Å². The molecule has 2 aromatic carbocycles. The van der Waals surface area contributed by atoms with E-state index in [-0.39, 0.29) is 7.92 Å². The van der Waals surface area contributed by atoms with Gasteiger partial charge in [-0.15, -0.1) is 0 Å². The van der Waals surface area contributed by atoms with Crippen LogP contribution in [0.3, 0.4) is 0 Å². The molecule has 0 aromatic heterocycles. The molecule has 0 fully saturated rings. The summed E-state index contributed by atoms with van der Waals surface area (Å²) in [6, 6.07) is 10.5. The molecule has 0 bridgehead atoms. The van der Waals surface area contributed by atoms with Crippen molar-refractivity contribution >= 4 is 18.5 Å². The van der Waals surface area contributed by atoms with E-state index in [0.29, 0.717) is 0 Å². The molecule has 238 valence electrons. The zero-order valence-electron chi connectivity index (χ0n) is 29.3. The summed E-state index contributed by atoms with van der Waals surface area (Å²) in [5.41, 5.74) is 10.4. The quantitative estimate of drug-likeness (QED) is 0.0840. The van der Waals surface area contributed by atoms with E-state index in [0.717, 1.165) is 0 Å². The summed E-state index contributed by atoms with van der Waals surface area (Å²) in [7, 11) is -0.350. The molecule has 0 aliphatic heterocycles. The minimum absolute atomic E-state index is 0.350. The SMILES string of the molecule is CCCCCP(c1ccc(CCCC)c(CCCC)c1CCCC)c1ccc(CCCC)c(CCCC)c1CCCC. The van der Waals surface area contributed by atoms with Crippen LogP contribution in [-0.4, -0.2) is 6.16 Å². The molecule has 0 aliphatic rings. The van der Waals surface area contributed by atoms with Crippen LogP contribution in [0, 0.1) is 0 Å². The lowest BCUT2D eigenvalue weighted by molar-refractivity contribution is 0.736. The van der Waals surface area contributed by atoms with Gasteiger partial charge in [0.15, 0.2) is 0 Å². The van der Waals surface area contributed by atoms with Crippen molar-refractivity contribution in [3.8, 4) is 0 Å². The Kier molecular flexibility index (Phi) is 19.8. The molecule has 0 unspecified atom stereocenters. The standard InChI is InChI=1S/C41H69P/c1-8-15-22-33-42(40-31-29-34(23-16-9-2)36(25-18-11-4)38(40)27-20-13-6)41-32-30-35(24-17-10-3)37(26-19-12-5)39(41)28-21-14-7/h29-32H,8-28,33H2,1-7H3. The first-order valence-electron chi connectivity index (χ1n) is 18.7. The van der Waals surface area contributed by atoms with Gasteiger partial charge in [-0.05, 0) is 142 Å². The maximum absolute atomic E-state index is 2.66. The van der Waals surface area contributed by atoms with Gasteiger partial charge in [0.25, 0.3) is 0 Å². The summed E-state index contributed by atoms with van der Waals surface area (Å²) in [4.78, 5) is 0. The van der Waals surface area contributed by atoms with Gasteiger partial charge in [-0.3, -0.25) is 0 Å². The third-order valence-electron chi connectivity index (χ3n) is 9.29. The second-order valence-electron chi connectivity index (χ2n) is 12.9. The van der Waals surface area contributed by atoms with Gasteiger partial charge in [-0.25, -0.2) is 0 Å². The van der Waals surface area contributed by atoms with Gasteiger partial charge in [0.1, 0.15) is 0 Å². The highest BCUT2D eigenvalue weighted by atomic mass is 31.1. The van der Waals surface area contributed by atoms with Crippen LogP contribution in [0.5, 0.6) is 0 Å². The van der Waals surface area contributed by atoms with Crippen LogP contribution in [0.25, 0.3) is 0 Å². The molecule has 1 heteroatoms. The number of aryl methyl sites for hydroxylation is 2. The summed E-state index contributed by atoms with van der Waals surface area (Å²) < 4.78 is 0. The van der Waals surface area contributed by atoms with Gasteiger partial charge in [0, 0.05) is 0 Å². The number of benzene rings is 2. The largest absolute Gasteiger partial charge is 0.0654 e. The molecule has 2 rings (SSSR count). The Labute approximate surface area is 265 Å². The van der Waals surface area contributed by atoms with Gasteiger partial charge in [-0.2, -0.15) is 0 Å².